The molecular formula is C34H77N3O3S6. The van der Waals surface area contributed by atoms with E-state index in [4.69, 9.17) is 5.11 Å². The molecule has 46 heavy (non-hydrogen) atoms. The number of hydrogen-bond donors (Lipinski definition) is 2. The lowest BCUT2D eigenvalue weighted by Crippen LogP contribution is -2.13. The molecule has 0 aromatic heterocycles. The van der Waals surface area contributed by atoms with E-state index in [0.717, 1.165) is 29.4 Å². The number of aliphatic imine (C=N–C) groups is 1. The smallest absolute Gasteiger partial charge is 0.328 e. The summed E-state index contributed by atoms with van der Waals surface area (Å²) >= 11 is 0. The highest BCUT2D eigenvalue weighted by atomic mass is 33.1. The lowest BCUT2D eigenvalue weighted by atomic mass is 10.1. The van der Waals surface area contributed by atoms with E-state index in [9.17, 15) is 9.59 Å². The molecule has 0 radical (unpaired) electrons. The summed E-state index contributed by atoms with van der Waals surface area (Å²) in [5, 5.41) is 12.7. The minimum Gasteiger partial charge on any atom is -0.478 e. The first kappa shape index (κ1) is 64.6. The number of hydrogen-bond acceptors (Lipinski definition) is 10. The Morgan fingerprint density at radius 1 is 0.870 bits per heavy atom. The van der Waals surface area contributed by atoms with E-state index in [1.165, 1.54) is 55.3 Å². The van der Waals surface area contributed by atoms with Gasteiger partial charge in [-0.15, -0.1) is 0 Å². The van der Waals surface area contributed by atoms with Gasteiger partial charge in [-0.25, -0.2) is 10.2 Å². The molecule has 0 heterocycles. The topological polar surface area (TPSA) is 91.1 Å². The molecule has 0 saturated carbocycles. The van der Waals surface area contributed by atoms with Gasteiger partial charge in [-0.3, -0.25) is 4.79 Å². The molecule has 0 aliphatic rings. The number of carbonyl (C=O) groups is 2. The first-order chi connectivity index (χ1) is 20.5. The van der Waals surface area contributed by atoms with Crippen molar-refractivity contribution in [2.45, 2.75) is 154 Å². The van der Waals surface area contributed by atoms with E-state index in [-0.39, 0.29) is 20.8 Å². The van der Waals surface area contributed by atoms with Gasteiger partial charge in [-0.1, -0.05) is 147 Å². The molecule has 0 bridgehead atoms. The number of aliphatic carboxylic acids is 1. The van der Waals surface area contributed by atoms with Crippen molar-refractivity contribution in [2.24, 2.45) is 10.1 Å². The molecule has 1 unspecified atom stereocenters. The van der Waals surface area contributed by atoms with Crippen molar-refractivity contribution in [3.63, 3.8) is 0 Å². The van der Waals surface area contributed by atoms with Crippen molar-refractivity contribution in [2.75, 3.05) is 30.1 Å². The first-order valence-corrected chi connectivity index (χ1v) is 22.6. The highest BCUT2D eigenvalue weighted by molar-refractivity contribution is 8.77. The minimum absolute atomic E-state index is 0. The second kappa shape index (κ2) is 54.6. The molecule has 1 atom stereocenters. The molecule has 0 saturated heterocycles. The second-order valence-corrected chi connectivity index (χ2v) is 18.9. The van der Waals surface area contributed by atoms with Crippen LogP contribution < -0.4 is 5.43 Å². The van der Waals surface area contributed by atoms with Crippen LogP contribution in [0.1, 0.15) is 144 Å². The molecule has 282 valence electrons. The first-order valence-electron chi connectivity index (χ1n) is 15.4. The third kappa shape index (κ3) is 90.4. The van der Waals surface area contributed by atoms with Gasteiger partial charge in [0.25, 0.3) is 0 Å². The summed E-state index contributed by atoms with van der Waals surface area (Å²) in [4.78, 5) is 23.4. The summed E-state index contributed by atoms with van der Waals surface area (Å²) in [5.41, 5.74) is 4.08. The fourth-order valence-electron chi connectivity index (χ4n) is 1.62. The van der Waals surface area contributed by atoms with Gasteiger partial charge < -0.3 is 10.1 Å². The number of carbonyl (C=O) groups excluding carboxylic acids is 1. The standard InChI is InChI=1S/C7H12O2.C7H16S2.C6H14S2.C5H10N2O.C5H12S2.C2H5N.2CH4/c1-3-4-6(2)5-7(8)9;1-5-7(3,4)9-8-6-2;1-4-6(3)8-7-5-2;1-4(2)6-7-5(3)8;1-3-5-7-6-4-2;1-3-2;;/h5H,3-4H2,1-2H3,(H,8,9);5-6H2,1-4H3;6H,4-5H2,1-3H3;1-3H3,(H,7,8);3-5H2,1-2H3;1H2,2H3;2*1H4. The monoisotopic (exact) mass is 767 g/mol. The van der Waals surface area contributed by atoms with E-state index < -0.39 is 5.97 Å². The van der Waals surface area contributed by atoms with Crippen LogP contribution in [0.4, 0.5) is 0 Å². The lowest BCUT2D eigenvalue weighted by Gasteiger charge is -2.19. The molecule has 1 amide bonds. The van der Waals surface area contributed by atoms with Gasteiger partial charge in [0.1, 0.15) is 0 Å². The summed E-state index contributed by atoms with van der Waals surface area (Å²) in [6.45, 7) is 32.1. The summed E-state index contributed by atoms with van der Waals surface area (Å²) in [5.74, 6) is 4.01. The van der Waals surface area contributed by atoms with Gasteiger partial charge in [0.05, 0.1) is 0 Å². The van der Waals surface area contributed by atoms with Crippen molar-refractivity contribution in [3.8, 4) is 0 Å². The van der Waals surface area contributed by atoms with E-state index >= 15 is 0 Å². The van der Waals surface area contributed by atoms with Gasteiger partial charge in [0, 0.05) is 58.8 Å². The van der Waals surface area contributed by atoms with Crippen LogP contribution in [0, 0.1) is 0 Å². The number of carboxylic acids is 1. The highest BCUT2D eigenvalue weighted by Crippen LogP contribution is 2.37. The zero-order valence-corrected chi connectivity index (χ0v) is 35.7. The van der Waals surface area contributed by atoms with Gasteiger partial charge >= 0.3 is 5.97 Å². The fourth-order valence-corrected chi connectivity index (χ4v) is 7.66. The zero-order chi connectivity index (χ0) is 35.8. The number of nitrogens with zero attached hydrogens (tertiary/aromatic N) is 2. The Labute approximate surface area is 313 Å². The maximum atomic E-state index is 10.1. The summed E-state index contributed by atoms with van der Waals surface area (Å²) in [7, 11) is 13.5. The van der Waals surface area contributed by atoms with E-state index in [0.29, 0.717) is 4.75 Å². The fraction of sp³-hybridized carbons (Fsp3) is 0.824. The van der Waals surface area contributed by atoms with E-state index in [1.807, 2.05) is 92.5 Å². The van der Waals surface area contributed by atoms with Crippen LogP contribution >= 0.6 is 64.8 Å². The number of allylic oxidation sites excluding steroid dienone is 1. The van der Waals surface area contributed by atoms with Crippen LogP contribution in [0.5, 0.6) is 0 Å². The molecule has 0 spiro atoms. The normalized spacial score (nSPS) is 10.1. The summed E-state index contributed by atoms with van der Waals surface area (Å²) in [6, 6.07) is 0. The maximum absolute atomic E-state index is 10.1. The third-order valence-electron chi connectivity index (χ3n) is 4.12. The number of rotatable bonds is 16. The molecule has 0 aromatic rings. The Balaban J connectivity index is -0.0000000634. The molecule has 2 N–H and O–H groups in total. The van der Waals surface area contributed by atoms with Crippen molar-refractivity contribution in [1.29, 1.82) is 0 Å². The van der Waals surface area contributed by atoms with Crippen LogP contribution in [0.25, 0.3) is 0 Å². The van der Waals surface area contributed by atoms with Crippen LogP contribution in [0.15, 0.2) is 21.7 Å². The molecule has 0 aliphatic heterocycles. The second-order valence-electron chi connectivity index (χ2n) is 9.68. The Bertz CT molecular complexity index is 673. The Morgan fingerprint density at radius 3 is 1.63 bits per heavy atom. The number of amides is 1. The van der Waals surface area contributed by atoms with E-state index in [2.05, 4.69) is 84.6 Å². The summed E-state index contributed by atoms with van der Waals surface area (Å²) < 4.78 is 0.473. The average Bonchev–Trinajstić information content (AvgIpc) is 2.95. The van der Waals surface area contributed by atoms with Crippen molar-refractivity contribution < 1.29 is 14.7 Å². The molecule has 6 nitrogen and oxygen atoms in total. The molecule has 0 aliphatic carbocycles. The number of carboxylic acid groups (broad SMARTS) is 1. The Kier molecular flexibility index (Phi) is 76.6. The van der Waals surface area contributed by atoms with Crippen LogP contribution in [-0.2, 0) is 9.59 Å². The quantitative estimate of drug-likeness (QED) is 0.0523. The SMILES string of the molecule is C.C.C=NC.CC(=O)NN=C(C)C.CCCC(C)=CC(=O)O.CCCSSCC.CCSSC(C)(C)CC.CCSSC(C)CC. The van der Waals surface area contributed by atoms with Gasteiger partial charge in [-0.05, 0) is 67.0 Å². The third-order valence-corrected chi connectivity index (χ3v) is 13.4. The number of nitrogens with one attached hydrogen (secondary N) is 1. The largest absolute Gasteiger partial charge is 0.478 e. The molecule has 12 heteroatoms. The summed E-state index contributed by atoms with van der Waals surface area (Å²) in [6.07, 6.45) is 6.99. The van der Waals surface area contributed by atoms with Crippen LogP contribution in [0.3, 0.4) is 0 Å². The van der Waals surface area contributed by atoms with Gasteiger partial charge in [0.2, 0.25) is 5.91 Å². The van der Waals surface area contributed by atoms with E-state index in [1.54, 1.807) is 7.05 Å². The number of hydrazone groups is 1. The lowest BCUT2D eigenvalue weighted by molar-refractivity contribution is -0.131. The van der Waals surface area contributed by atoms with Crippen LogP contribution in [-0.4, -0.2) is 69.5 Å². The Hall–Kier alpha value is 0.120. The maximum Gasteiger partial charge on any atom is 0.328 e. The Morgan fingerprint density at radius 2 is 1.35 bits per heavy atom. The molecule has 0 fully saturated rings. The van der Waals surface area contributed by atoms with Gasteiger partial charge in [0.15, 0.2) is 0 Å². The van der Waals surface area contributed by atoms with Gasteiger partial charge in [-0.2, -0.15) is 5.10 Å². The average molecular weight is 768 g/mol. The molecular weight excluding hydrogens is 691 g/mol. The molecule has 0 rings (SSSR count). The zero-order valence-electron chi connectivity index (χ0n) is 30.8. The highest BCUT2D eigenvalue weighted by Gasteiger charge is 2.14. The predicted molar refractivity (Wildman–Crippen MR) is 234 cm³/mol. The molecule has 0 aromatic carbocycles. The van der Waals surface area contributed by atoms with Crippen LogP contribution in [0.2, 0.25) is 0 Å². The van der Waals surface area contributed by atoms with Crippen molar-refractivity contribution in [1.82, 2.24) is 5.43 Å². The van der Waals surface area contributed by atoms with Crippen molar-refractivity contribution in [3.05, 3.63) is 11.6 Å². The van der Waals surface area contributed by atoms with Crippen molar-refractivity contribution >= 4 is 89.1 Å². The minimum atomic E-state index is -0.846. The predicted octanol–water partition coefficient (Wildman–Crippen LogP) is 13.5.